The van der Waals surface area contributed by atoms with E-state index >= 15 is 0 Å². The molecule has 22 heavy (non-hydrogen) atoms. The van der Waals surface area contributed by atoms with Crippen molar-refractivity contribution < 1.29 is 0 Å². The van der Waals surface area contributed by atoms with E-state index in [0.717, 1.165) is 6.04 Å². The van der Waals surface area contributed by atoms with E-state index in [-0.39, 0.29) is 0 Å². The van der Waals surface area contributed by atoms with Gasteiger partial charge in [0.15, 0.2) is 0 Å². The molecule has 0 aliphatic heterocycles. The number of benzene rings is 2. The molecule has 0 aromatic heterocycles. The second-order valence-corrected chi connectivity index (χ2v) is 17.4. The molecule has 2 aromatic rings. The predicted molar refractivity (Wildman–Crippen MR) is 106 cm³/mol. The van der Waals surface area contributed by atoms with Gasteiger partial charge >= 0.3 is 0 Å². The van der Waals surface area contributed by atoms with Crippen LogP contribution in [0.25, 0.3) is 0 Å². The van der Waals surface area contributed by atoms with Crippen molar-refractivity contribution in [3.05, 3.63) is 72.8 Å². The third-order valence-electron chi connectivity index (χ3n) is 4.21. The van der Waals surface area contributed by atoms with Crippen LogP contribution < -0.4 is 10.4 Å². The van der Waals surface area contributed by atoms with Crippen LogP contribution in [0.15, 0.2) is 72.8 Å². The summed E-state index contributed by atoms with van der Waals surface area (Å²) in [6.07, 6.45) is 0. The predicted octanol–water partition coefficient (Wildman–Crippen LogP) is 4.77. The largest absolute Gasteiger partial charge is 0.119 e. The van der Waals surface area contributed by atoms with E-state index in [1.807, 2.05) is 0 Å². The fourth-order valence-electron chi connectivity index (χ4n) is 3.30. The molecule has 0 spiro atoms. The Labute approximate surface area is 137 Å². The number of hydrogen-bond donors (Lipinski definition) is 0. The van der Waals surface area contributed by atoms with Crippen LogP contribution in [0.1, 0.15) is 0 Å². The van der Waals surface area contributed by atoms with Gasteiger partial charge in [-0.2, -0.15) is 0 Å². The third kappa shape index (κ3) is 4.31. The normalized spacial score (nSPS) is 12.2. The van der Waals surface area contributed by atoms with Gasteiger partial charge in [-0.25, -0.2) is 0 Å². The first-order chi connectivity index (χ1) is 10.3. The number of hydrogen-bond acceptors (Lipinski definition) is 0. The van der Waals surface area contributed by atoms with Crippen molar-refractivity contribution in [2.24, 2.45) is 0 Å². The summed E-state index contributed by atoms with van der Waals surface area (Å²) < 4.78 is 0. The highest BCUT2D eigenvalue weighted by molar-refractivity contribution is 7.01. The van der Waals surface area contributed by atoms with Crippen LogP contribution in [0, 0.1) is 0 Å². The lowest BCUT2D eigenvalue weighted by Crippen LogP contribution is -2.55. The minimum Gasteiger partial charge on any atom is -0.100 e. The van der Waals surface area contributed by atoms with E-state index in [9.17, 15) is 0 Å². The molecule has 2 aromatic carbocycles. The molecule has 0 atom stereocenters. The molecule has 0 saturated carbocycles. The summed E-state index contributed by atoms with van der Waals surface area (Å²) in [6.45, 7) is 14.2. The van der Waals surface area contributed by atoms with E-state index in [1.54, 1.807) is 0 Å². The molecule has 0 amide bonds. The van der Waals surface area contributed by atoms with Crippen molar-refractivity contribution in [1.82, 2.24) is 0 Å². The van der Waals surface area contributed by atoms with Gasteiger partial charge in [0.05, 0.1) is 0 Å². The van der Waals surface area contributed by atoms with Crippen LogP contribution >= 0.6 is 0 Å². The minimum atomic E-state index is -1.74. The van der Waals surface area contributed by atoms with Gasteiger partial charge in [0.2, 0.25) is 0 Å². The van der Waals surface area contributed by atoms with E-state index in [1.165, 1.54) is 22.0 Å². The fourth-order valence-corrected chi connectivity index (χ4v) is 8.89. The van der Waals surface area contributed by atoms with Crippen LogP contribution in [0.3, 0.4) is 0 Å². The van der Waals surface area contributed by atoms with Gasteiger partial charge in [-0.1, -0.05) is 103 Å². The van der Waals surface area contributed by atoms with Crippen molar-refractivity contribution in [2.75, 3.05) is 0 Å². The zero-order chi connectivity index (χ0) is 16.2. The molecule has 116 valence electrons. The smallest absolute Gasteiger partial charge is 0.100 e. The summed E-state index contributed by atoms with van der Waals surface area (Å²) in [5, 5.41) is 3.02. The maximum atomic E-state index is 4.45. The minimum absolute atomic E-state index is 1.10. The van der Waals surface area contributed by atoms with Crippen LogP contribution in [0.5, 0.6) is 0 Å². The van der Waals surface area contributed by atoms with E-state index < -0.39 is 16.1 Å². The monoisotopic (exact) mass is 324 g/mol. The van der Waals surface area contributed by atoms with Gasteiger partial charge in [-0.15, -0.1) is 6.58 Å². The van der Waals surface area contributed by atoms with Crippen molar-refractivity contribution >= 4 is 26.5 Å². The van der Waals surface area contributed by atoms with Gasteiger partial charge in [0.25, 0.3) is 0 Å². The van der Waals surface area contributed by atoms with Crippen LogP contribution in [-0.4, -0.2) is 16.1 Å². The van der Waals surface area contributed by atoms with Crippen LogP contribution in [0.4, 0.5) is 0 Å². The van der Waals surface area contributed by atoms with Gasteiger partial charge in [-0.05, 0) is 12.1 Å². The highest BCUT2D eigenvalue weighted by Crippen LogP contribution is 2.24. The van der Waals surface area contributed by atoms with Crippen LogP contribution in [-0.2, 0) is 0 Å². The lowest BCUT2D eigenvalue weighted by molar-refractivity contribution is 1.29. The Morgan fingerprint density at radius 3 is 1.50 bits per heavy atom. The van der Waals surface area contributed by atoms with Gasteiger partial charge < -0.3 is 0 Å². The van der Waals surface area contributed by atoms with E-state index in [0.29, 0.717) is 0 Å². The van der Waals surface area contributed by atoms with Gasteiger partial charge in [0.1, 0.15) is 8.07 Å². The molecule has 2 heteroatoms. The molecule has 0 N–H and O–H groups in total. The van der Waals surface area contributed by atoms with Crippen molar-refractivity contribution in [1.29, 1.82) is 0 Å². The first-order valence-corrected chi connectivity index (χ1v) is 14.5. The highest BCUT2D eigenvalue weighted by atomic mass is 28.3. The Balaban J connectivity index is 2.37. The summed E-state index contributed by atoms with van der Waals surface area (Å²) >= 11 is 0. The zero-order valence-corrected chi connectivity index (χ0v) is 16.4. The van der Waals surface area contributed by atoms with E-state index in [4.69, 9.17) is 0 Å². The Hall–Kier alpha value is -1.39. The SMILES string of the molecule is C=C(C[Si](C)(C)C)C[Si](C)(c1ccccc1)c1ccccc1. The fraction of sp³-hybridized carbons (Fsp3) is 0.300. The molecule has 0 bridgehead atoms. The Morgan fingerprint density at radius 2 is 1.14 bits per heavy atom. The molecule has 0 nitrogen and oxygen atoms in total. The molecule has 0 aliphatic carbocycles. The van der Waals surface area contributed by atoms with Crippen molar-refractivity contribution in [3.8, 4) is 0 Å². The summed E-state index contributed by atoms with van der Waals surface area (Å²) in [7, 11) is -2.84. The van der Waals surface area contributed by atoms with Gasteiger partial charge in [0, 0.05) is 8.07 Å². The second-order valence-electron chi connectivity index (χ2n) is 7.73. The topological polar surface area (TPSA) is 0 Å². The van der Waals surface area contributed by atoms with Crippen molar-refractivity contribution in [2.45, 2.75) is 38.3 Å². The molecular formula is C20H28Si2. The molecule has 0 saturated heterocycles. The first kappa shape index (κ1) is 17.0. The molecule has 0 radical (unpaired) electrons. The molecule has 0 heterocycles. The molecule has 0 fully saturated rings. The third-order valence-corrected chi connectivity index (χ3v) is 10.2. The van der Waals surface area contributed by atoms with E-state index in [2.05, 4.69) is 93.4 Å². The molecule has 0 aliphatic rings. The summed E-state index contributed by atoms with van der Waals surface area (Å²) in [4.78, 5) is 0. The second kappa shape index (κ2) is 6.80. The Kier molecular flexibility index (Phi) is 5.25. The summed E-state index contributed by atoms with van der Waals surface area (Å²) in [5.41, 5.74) is 1.45. The highest BCUT2D eigenvalue weighted by Gasteiger charge is 2.33. The summed E-state index contributed by atoms with van der Waals surface area (Å²) in [5.74, 6) is 0. The van der Waals surface area contributed by atoms with Crippen LogP contribution in [0.2, 0.25) is 38.3 Å². The lowest BCUT2D eigenvalue weighted by Gasteiger charge is -2.31. The Morgan fingerprint density at radius 1 is 0.727 bits per heavy atom. The first-order valence-electron chi connectivity index (χ1n) is 8.09. The van der Waals surface area contributed by atoms with Crippen molar-refractivity contribution in [3.63, 3.8) is 0 Å². The Bertz CT molecular complexity index is 570. The zero-order valence-electron chi connectivity index (χ0n) is 14.4. The maximum Gasteiger partial charge on any atom is 0.119 e. The average Bonchev–Trinajstić information content (AvgIpc) is 2.47. The van der Waals surface area contributed by atoms with Gasteiger partial charge in [-0.3, -0.25) is 0 Å². The average molecular weight is 325 g/mol. The molecular weight excluding hydrogens is 296 g/mol. The maximum absolute atomic E-state index is 4.45. The molecule has 2 rings (SSSR count). The number of allylic oxidation sites excluding steroid dienone is 1. The summed E-state index contributed by atoms with van der Waals surface area (Å²) in [6, 6.07) is 24.5. The standard InChI is InChI=1S/C20H28Si2/c1-18(16-21(2,3)4)17-22(5,19-12-8-6-9-13-19)20-14-10-7-11-15-20/h6-15H,1,16-17H2,2-5H3. The molecule has 0 unspecified atom stereocenters. The number of rotatable bonds is 6. The quantitative estimate of drug-likeness (QED) is 0.530. The lowest BCUT2D eigenvalue weighted by atomic mass is 10.4.